The summed E-state index contributed by atoms with van der Waals surface area (Å²) in [7, 11) is 0. The lowest BCUT2D eigenvalue weighted by molar-refractivity contribution is -0.155. The maximum atomic E-state index is 11.8. The van der Waals surface area contributed by atoms with Gasteiger partial charge in [-0.3, -0.25) is 9.48 Å². The number of aromatic nitrogens is 2. The largest absolute Gasteiger partial charge is 0.459 e. The number of hydrogen-bond donors (Lipinski definition) is 0. The number of ether oxygens (including phenoxy) is 3. The Bertz CT molecular complexity index is 490. The molecule has 7 heteroatoms. The van der Waals surface area contributed by atoms with Crippen molar-refractivity contribution in [3.63, 3.8) is 0 Å². The second kappa shape index (κ2) is 6.95. The molecule has 0 spiro atoms. The summed E-state index contributed by atoms with van der Waals surface area (Å²) in [4.78, 5) is 11.8. The molecule has 1 saturated heterocycles. The smallest absolute Gasteiger partial charge is 0.328 e. The van der Waals surface area contributed by atoms with Crippen LogP contribution in [0.2, 0.25) is 0 Å². The Labute approximate surface area is 138 Å². The van der Waals surface area contributed by atoms with Crippen LogP contribution in [-0.4, -0.2) is 34.2 Å². The van der Waals surface area contributed by atoms with Crippen LogP contribution in [0.4, 0.5) is 0 Å². The molecule has 0 aromatic carbocycles. The normalized spacial score (nSPS) is 19.3. The maximum Gasteiger partial charge on any atom is 0.328 e. The molecule has 21 heavy (non-hydrogen) atoms. The fraction of sp³-hybridized carbons (Fsp3) is 0.714. The molecule has 1 aliphatic rings. The van der Waals surface area contributed by atoms with Crippen LogP contribution in [0.1, 0.15) is 40.0 Å². The third-order valence-corrected chi connectivity index (χ3v) is 3.52. The SMILES string of the molecule is CC(C)(C)OC(=O)Cn1cc(I)c(OC2CCCCO2)n1. The van der Waals surface area contributed by atoms with Gasteiger partial charge in [-0.2, -0.15) is 0 Å². The fourth-order valence-electron chi connectivity index (χ4n) is 1.97. The van der Waals surface area contributed by atoms with Crippen LogP contribution < -0.4 is 4.74 Å². The minimum absolute atomic E-state index is 0.0716. The Morgan fingerprint density at radius 2 is 2.29 bits per heavy atom. The van der Waals surface area contributed by atoms with Crippen LogP contribution in [-0.2, 0) is 20.8 Å². The molecule has 1 unspecified atom stereocenters. The van der Waals surface area contributed by atoms with Gasteiger partial charge >= 0.3 is 5.97 Å². The third kappa shape index (κ3) is 5.46. The van der Waals surface area contributed by atoms with Crippen molar-refractivity contribution >= 4 is 28.6 Å². The standard InChI is InChI=1S/C14H21IN2O4/c1-14(2,3)21-11(18)9-17-8-10(15)13(16-17)20-12-6-4-5-7-19-12/h8,12H,4-7,9H2,1-3H3. The number of esters is 1. The first kappa shape index (κ1) is 16.5. The fourth-order valence-corrected chi connectivity index (χ4v) is 2.53. The van der Waals surface area contributed by atoms with Crippen molar-refractivity contribution in [1.82, 2.24) is 9.78 Å². The molecule has 0 saturated carbocycles. The number of rotatable bonds is 4. The van der Waals surface area contributed by atoms with Crippen LogP contribution in [0.5, 0.6) is 5.88 Å². The van der Waals surface area contributed by atoms with E-state index in [0.29, 0.717) is 5.88 Å². The van der Waals surface area contributed by atoms with E-state index in [9.17, 15) is 4.79 Å². The minimum Gasteiger partial charge on any atom is -0.459 e. The third-order valence-electron chi connectivity index (χ3n) is 2.78. The molecule has 118 valence electrons. The molecule has 0 radical (unpaired) electrons. The average Bonchev–Trinajstić information content (AvgIpc) is 2.68. The number of halogens is 1. The van der Waals surface area contributed by atoms with Crippen molar-refractivity contribution in [3.8, 4) is 5.88 Å². The molecule has 1 aliphatic heterocycles. The monoisotopic (exact) mass is 408 g/mol. The summed E-state index contributed by atoms with van der Waals surface area (Å²) >= 11 is 2.14. The minimum atomic E-state index is -0.493. The van der Waals surface area contributed by atoms with Gasteiger partial charge in [0.1, 0.15) is 12.1 Å². The molecular weight excluding hydrogens is 387 g/mol. The van der Waals surface area contributed by atoms with Crippen molar-refractivity contribution in [2.75, 3.05) is 6.61 Å². The van der Waals surface area contributed by atoms with Gasteiger partial charge in [0.25, 0.3) is 0 Å². The molecule has 2 heterocycles. The molecule has 0 bridgehead atoms. The molecule has 0 N–H and O–H groups in total. The summed E-state index contributed by atoms with van der Waals surface area (Å²) < 4.78 is 18.9. The Balaban J connectivity index is 1.93. The second-order valence-corrected chi connectivity index (χ2v) is 7.14. The molecule has 1 aromatic heterocycles. The summed E-state index contributed by atoms with van der Waals surface area (Å²) in [6.45, 7) is 6.31. The van der Waals surface area contributed by atoms with E-state index in [1.54, 1.807) is 6.20 Å². The van der Waals surface area contributed by atoms with E-state index in [1.165, 1.54) is 4.68 Å². The summed E-state index contributed by atoms with van der Waals surface area (Å²) in [5, 5.41) is 4.28. The van der Waals surface area contributed by atoms with E-state index in [4.69, 9.17) is 14.2 Å². The van der Waals surface area contributed by atoms with Crippen LogP contribution in [0.3, 0.4) is 0 Å². The zero-order valence-corrected chi connectivity index (χ0v) is 14.8. The van der Waals surface area contributed by atoms with Crippen LogP contribution in [0.15, 0.2) is 6.20 Å². The number of carbonyl (C=O) groups is 1. The predicted octanol–water partition coefficient (Wildman–Crippen LogP) is 2.73. The molecule has 1 fully saturated rings. The molecule has 0 aliphatic carbocycles. The molecule has 0 amide bonds. The molecule has 6 nitrogen and oxygen atoms in total. The number of nitrogens with zero attached hydrogens (tertiary/aromatic N) is 2. The van der Waals surface area contributed by atoms with E-state index in [0.717, 1.165) is 29.4 Å². The molecule has 2 rings (SSSR count). The van der Waals surface area contributed by atoms with E-state index < -0.39 is 5.60 Å². The highest BCUT2D eigenvalue weighted by molar-refractivity contribution is 14.1. The highest BCUT2D eigenvalue weighted by Gasteiger charge is 2.20. The van der Waals surface area contributed by atoms with Gasteiger partial charge < -0.3 is 14.2 Å². The van der Waals surface area contributed by atoms with Gasteiger partial charge in [-0.25, -0.2) is 0 Å². The Morgan fingerprint density at radius 1 is 1.52 bits per heavy atom. The van der Waals surface area contributed by atoms with Crippen molar-refractivity contribution in [3.05, 3.63) is 9.77 Å². The van der Waals surface area contributed by atoms with E-state index in [1.807, 2.05) is 20.8 Å². The molecular formula is C14H21IN2O4. The summed E-state index contributed by atoms with van der Waals surface area (Å²) in [5.74, 6) is 0.188. The van der Waals surface area contributed by atoms with Gasteiger partial charge in [0, 0.05) is 12.6 Å². The Hall–Kier alpha value is -0.830. The van der Waals surface area contributed by atoms with Gasteiger partial charge in [0.2, 0.25) is 12.2 Å². The number of hydrogen-bond acceptors (Lipinski definition) is 5. The summed E-state index contributed by atoms with van der Waals surface area (Å²) in [6.07, 6.45) is 4.57. The first-order valence-electron chi connectivity index (χ1n) is 7.06. The van der Waals surface area contributed by atoms with Gasteiger partial charge in [-0.15, -0.1) is 5.10 Å². The quantitative estimate of drug-likeness (QED) is 0.567. The van der Waals surface area contributed by atoms with Gasteiger partial charge in [-0.05, 0) is 56.2 Å². The highest BCUT2D eigenvalue weighted by Crippen LogP contribution is 2.23. The Kier molecular flexibility index (Phi) is 5.48. The van der Waals surface area contributed by atoms with Crippen LogP contribution >= 0.6 is 22.6 Å². The highest BCUT2D eigenvalue weighted by atomic mass is 127. The lowest BCUT2D eigenvalue weighted by atomic mass is 10.2. The first-order valence-corrected chi connectivity index (χ1v) is 8.14. The van der Waals surface area contributed by atoms with Gasteiger partial charge in [0.15, 0.2) is 0 Å². The van der Waals surface area contributed by atoms with Crippen molar-refractivity contribution < 1.29 is 19.0 Å². The lowest BCUT2D eigenvalue weighted by Gasteiger charge is -2.22. The summed E-state index contributed by atoms with van der Waals surface area (Å²) in [5.41, 5.74) is -0.493. The van der Waals surface area contributed by atoms with Crippen molar-refractivity contribution in [2.45, 2.75) is 58.5 Å². The van der Waals surface area contributed by atoms with E-state index in [-0.39, 0.29) is 18.8 Å². The molecule has 1 aromatic rings. The lowest BCUT2D eigenvalue weighted by Crippen LogP contribution is -2.27. The van der Waals surface area contributed by atoms with E-state index in [2.05, 4.69) is 27.7 Å². The predicted molar refractivity (Wildman–Crippen MR) is 85.0 cm³/mol. The summed E-state index contributed by atoms with van der Waals surface area (Å²) in [6, 6.07) is 0. The van der Waals surface area contributed by atoms with Crippen molar-refractivity contribution in [2.24, 2.45) is 0 Å². The average molecular weight is 408 g/mol. The topological polar surface area (TPSA) is 62.6 Å². The Morgan fingerprint density at radius 3 is 2.90 bits per heavy atom. The van der Waals surface area contributed by atoms with Crippen molar-refractivity contribution in [1.29, 1.82) is 0 Å². The zero-order valence-electron chi connectivity index (χ0n) is 12.6. The van der Waals surface area contributed by atoms with Crippen LogP contribution in [0.25, 0.3) is 0 Å². The number of carbonyl (C=O) groups excluding carboxylic acids is 1. The van der Waals surface area contributed by atoms with E-state index >= 15 is 0 Å². The maximum absolute atomic E-state index is 11.8. The van der Waals surface area contributed by atoms with Gasteiger partial charge in [-0.1, -0.05) is 0 Å². The molecule has 1 atom stereocenters. The first-order chi connectivity index (χ1) is 9.83. The second-order valence-electron chi connectivity index (χ2n) is 5.98. The van der Waals surface area contributed by atoms with Crippen LogP contribution in [0, 0.1) is 3.57 Å². The van der Waals surface area contributed by atoms with Gasteiger partial charge in [0.05, 0.1) is 10.2 Å². The zero-order chi connectivity index (χ0) is 15.5.